The highest BCUT2D eigenvalue weighted by molar-refractivity contribution is 5.96. The van der Waals surface area contributed by atoms with E-state index in [-0.39, 0.29) is 5.91 Å². The molecule has 0 aliphatic carbocycles. The van der Waals surface area contributed by atoms with Gasteiger partial charge in [-0.25, -0.2) is 0 Å². The molecule has 0 unspecified atom stereocenters. The third-order valence-corrected chi connectivity index (χ3v) is 2.05. The summed E-state index contributed by atoms with van der Waals surface area (Å²) in [6, 6.07) is 0. The number of hydrogen-bond donors (Lipinski definition) is 1. The third-order valence-electron chi connectivity index (χ3n) is 2.05. The number of aromatic nitrogens is 1. The second-order valence-electron chi connectivity index (χ2n) is 3.92. The molecule has 0 spiro atoms. The molecule has 1 amide bonds. The Balaban J connectivity index is 2.93. The van der Waals surface area contributed by atoms with E-state index in [4.69, 9.17) is 10.9 Å². The summed E-state index contributed by atoms with van der Waals surface area (Å²) >= 11 is 0. The maximum atomic E-state index is 11.8. The monoisotopic (exact) mass is 206 g/mol. The fourth-order valence-corrected chi connectivity index (χ4v) is 1.19. The van der Waals surface area contributed by atoms with Crippen LogP contribution >= 0.6 is 0 Å². The number of nitrogens with one attached hydrogen (secondary N) is 1. The largest absolute Gasteiger partial charge is 0.361 e. The molecule has 0 aliphatic heterocycles. The molecule has 0 bridgehead atoms. The normalized spacial score (nSPS) is 10.9. The maximum Gasteiger partial charge on any atom is 0.257 e. The van der Waals surface area contributed by atoms with Crippen molar-refractivity contribution in [1.82, 2.24) is 10.5 Å². The van der Waals surface area contributed by atoms with Gasteiger partial charge in [-0.1, -0.05) is 11.1 Å². The number of terminal acetylenes is 1. The second kappa shape index (κ2) is 3.77. The van der Waals surface area contributed by atoms with E-state index in [0.29, 0.717) is 17.0 Å². The van der Waals surface area contributed by atoms with Crippen molar-refractivity contribution in [3.05, 3.63) is 17.0 Å². The van der Waals surface area contributed by atoms with Gasteiger partial charge in [0.25, 0.3) is 5.91 Å². The highest BCUT2D eigenvalue weighted by Gasteiger charge is 2.23. The van der Waals surface area contributed by atoms with Crippen molar-refractivity contribution in [1.29, 1.82) is 0 Å². The molecular formula is C11H14N2O2. The second-order valence-corrected chi connectivity index (χ2v) is 3.92. The van der Waals surface area contributed by atoms with Crippen LogP contribution in [0.2, 0.25) is 0 Å². The number of carbonyl (C=O) groups is 1. The zero-order valence-corrected chi connectivity index (χ0v) is 9.34. The van der Waals surface area contributed by atoms with Crippen LogP contribution in [0.25, 0.3) is 0 Å². The van der Waals surface area contributed by atoms with Gasteiger partial charge in [-0.15, -0.1) is 6.42 Å². The van der Waals surface area contributed by atoms with E-state index in [9.17, 15) is 4.79 Å². The highest BCUT2D eigenvalue weighted by atomic mass is 16.5. The summed E-state index contributed by atoms with van der Waals surface area (Å²) in [4.78, 5) is 11.8. The van der Waals surface area contributed by atoms with Crippen LogP contribution in [0, 0.1) is 26.2 Å². The van der Waals surface area contributed by atoms with Gasteiger partial charge >= 0.3 is 0 Å². The molecule has 1 rings (SSSR count). The number of rotatable bonds is 2. The van der Waals surface area contributed by atoms with Gasteiger partial charge in [0.15, 0.2) is 0 Å². The zero-order valence-electron chi connectivity index (χ0n) is 9.34. The van der Waals surface area contributed by atoms with Crippen LogP contribution in [0.1, 0.15) is 35.7 Å². The van der Waals surface area contributed by atoms with Crippen molar-refractivity contribution in [3.63, 3.8) is 0 Å². The first kappa shape index (κ1) is 11.3. The van der Waals surface area contributed by atoms with Gasteiger partial charge in [-0.3, -0.25) is 4.79 Å². The average molecular weight is 206 g/mol. The molecule has 0 aliphatic rings. The lowest BCUT2D eigenvalue weighted by atomic mass is 10.1. The zero-order chi connectivity index (χ0) is 11.6. The van der Waals surface area contributed by atoms with Crippen molar-refractivity contribution in [2.45, 2.75) is 33.2 Å². The minimum atomic E-state index is -0.673. The average Bonchev–Trinajstić information content (AvgIpc) is 2.45. The molecule has 1 N–H and O–H groups in total. The molecule has 0 fully saturated rings. The molecule has 1 aromatic heterocycles. The predicted molar refractivity (Wildman–Crippen MR) is 56.4 cm³/mol. The molecule has 1 aromatic rings. The number of aryl methyl sites for hydroxylation is 2. The first-order valence-electron chi connectivity index (χ1n) is 4.60. The minimum Gasteiger partial charge on any atom is -0.361 e. The maximum absolute atomic E-state index is 11.8. The van der Waals surface area contributed by atoms with Gasteiger partial charge in [-0.2, -0.15) is 0 Å². The first-order chi connectivity index (χ1) is 6.87. The lowest BCUT2D eigenvalue weighted by Gasteiger charge is -2.19. The summed E-state index contributed by atoms with van der Waals surface area (Å²) in [5.74, 6) is 2.73. The van der Waals surface area contributed by atoms with E-state index in [2.05, 4.69) is 16.4 Å². The highest BCUT2D eigenvalue weighted by Crippen LogP contribution is 2.13. The van der Waals surface area contributed by atoms with Gasteiger partial charge < -0.3 is 9.84 Å². The van der Waals surface area contributed by atoms with Gasteiger partial charge in [0.1, 0.15) is 11.3 Å². The smallest absolute Gasteiger partial charge is 0.257 e. The van der Waals surface area contributed by atoms with E-state index in [1.54, 1.807) is 27.7 Å². The molecule has 0 saturated carbocycles. The summed E-state index contributed by atoms with van der Waals surface area (Å²) in [6.45, 7) is 6.91. The van der Waals surface area contributed by atoms with Gasteiger partial charge in [0.05, 0.1) is 11.2 Å². The molecule has 1 heterocycles. The lowest BCUT2D eigenvalue weighted by molar-refractivity contribution is 0.0928. The number of carbonyl (C=O) groups excluding carboxylic acids is 1. The Labute approximate surface area is 89.0 Å². The van der Waals surface area contributed by atoms with E-state index in [0.717, 1.165) is 0 Å². The summed E-state index contributed by atoms with van der Waals surface area (Å²) in [6.07, 6.45) is 5.28. The van der Waals surface area contributed by atoms with E-state index in [1.807, 2.05) is 0 Å². The van der Waals surface area contributed by atoms with Crippen molar-refractivity contribution >= 4 is 5.91 Å². The van der Waals surface area contributed by atoms with Crippen molar-refractivity contribution in [2.24, 2.45) is 0 Å². The summed E-state index contributed by atoms with van der Waals surface area (Å²) in [5, 5.41) is 6.42. The topological polar surface area (TPSA) is 55.1 Å². The fraction of sp³-hybridized carbons (Fsp3) is 0.455. The Hall–Kier alpha value is -1.76. The van der Waals surface area contributed by atoms with Crippen molar-refractivity contribution < 1.29 is 9.32 Å². The Morgan fingerprint density at radius 3 is 2.53 bits per heavy atom. The summed E-state index contributed by atoms with van der Waals surface area (Å²) < 4.78 is 4.90. The first-order valence-corrected chi connectivity index (χ1v) is 4.60. The van der Waals surface area contributed by atoms with E-state index >= 15 is 0 Å². The Bertz CT molecular complexity index is 405. The molecule has 0 atom stereocenters. The van der Waals surface area contributed by atoms with E-state index in [1.165, 1.54) is 0 Å². The summed E-state index contributed by atoms with van der Waals surface area (Å²) in [7, 11) is 0. The van der Waals surface area contributed by atoms with Gasteiger partial charge in [-0.05, 0) is 27.7 Å². The van der Waals surface area contributed by atoms with E-state index < -0.39 is 5.54 Å². The third kappa shape index (κ3) is 2.38. The van der Waals surface area contributed by atoms with Crippen LogP contribution in [-0.4, -0.2) is 16.6 Å². The lowest BCUT2D eigenvalue weighted by Crippen LogP contribution is -2.42. The molecule has 0 radical (unpaired) electrons. The molecule has 4 heteroatoms. The number of amides is 1. The Kier molecular flexibility index (Phi) is 2.85. The minimum absolute atomic E-state index is 0.255. The van der Waals surface area contributed by atoms with Crippen molar-refractivity contribution in [2.75, 3.05) is 0 Å². The molecule has 80 valence electrons. The van der Waals surface area contributed by atoms with Gasteiger partial charge in [0, 0.05) is 0 Å². The van der Waals surface area contributed by atoms with Crippen molar-refractivity contribution in [3.8, 4) is 12.3 Å². The molecule has 0 saturated heterocycles. The Morgan fingerprint density at radius 2 is 2.13 bits per heavy atom. The van der Waals surface area contributed by atoms with Crippen LogP contribution in [0.3, 0.4) is 0 Å². The van der Waals surface area contributed by atoms with Crippen LogP contribution in [-0.2, 0) is 0 Å². The predicted octanol–water partition coefficient (Wildman–Crippen LogP) is 1.43. The molecule has 15 heavy (non-hydrogen) atoms. The number of hydrogen-bond acceptors (Lipinski definition) is 3. The molecular weight excluding hydrogens is 192 g/mol. The molecule has 0 aromatic carbocycles. The van der Waals surface area contributed by atoms with Crippen LogP contribution in [0.4, 0.5) is 0 Å². The summed E-state index contributed by atoms with van der Waals surface area (Å²) in [5.41, 5.74) is 0.351. The standard InChI is InChI=1S/C11H14N2O2/c1-6-11(4,5)12-10(14)9-7(2)13-15-8(9)3/h1H,2-5H3,(H,12,14). The van der Waals surface area contributed by atoms with Gasteiger partial charge in [0.2, 0.25) is 0 Å². The SMILES string of the molecule is C#CC(C)(C)NC(=O)c1c(C)noc1C. The quantitative estimate of drug-likeness (QED) is 0.745. The molecule has 4 nitrogen and oxygen atoms in total. The number of nitrogens with zero attached hydrogens (tertiary/aromatic N) is 1. The fourth-order valence-electron chi connectivity index (χ4n) is 1.19. The Morgan fingerprint density at radius 1 is 1.53 bits per heavy atom. The van der Waals surface area contributed by atoms with Crippen LogP contribution in [0.15, 0.2) is 4.52 Å². The van der Waals surface area contributed by atoms with Crippen LogP contribution in [0.5, 0.6) is 0 Å². The van der Waals surface area contributed by atoms with Crippen LogP contribution < -0.4 is 5.32 Å².